The van der Waals surface area contributed by atoms with E-state index in [1.54, 1.807) is 11.8 Å². The van der Waals surface area contributed by atoms with Gasteiger partial charge >= 0.3 is 6.03 Å². The highest BCUT2D eigenvalue weighted by Gasteiger charge is 2.42. The third-order valence-corrected chi connectivity index (χ3v) is 5.86. The van der Waals surface area contributed by atoms with Gasteiger partial charge in [-0.25, -0.2) is 4.79 Å². The highest BCUT2D eigenvalue weighted by atomic mass is 16.5. The minimum atomic E-state index is -1.06. The molecule has 1 atom stereocenters. The van der Waals surface area contributed by atoms with Crippen LogP contribution in [0.2, 0.25) is 0 Å². The Kier molecular flexibility index (Phi) is 4.97. The maximum Gasteiger partial charge on any atom is 0.322 e. The molecule has 3 N–H and O–H groups in total. The van der Waals surface area contributed by atoms with Gasteiger partial charge in [0.05, 0.1) is 12.1 Å². The van der Waals surface area contributed by atoms with E-state index in [2.05, 4.69) is 21.1 Å². The van der Waals surface area contributed by atoms with Gasteiger partial charge in [0.2, 0.25) is 5.91 Å². The first-order valence-electron chi connectivity index (χ1n) is 9.99. The highest BCUT2D eigenvalue weighted by Crippen LogP contribution is 2.31. The minimum Gasteiger partial charge on any atom is -0.359 e. The lowest BCUT2D eigenvalue weighted by Gasteiger charge is -2.28. The van der Waals surface area contributed by atoms with E-state index in [1.807, 2.05) is 32.0 Å². The molecule has 1 aromatic heterocycles. The first-order chi connectivity index (χ1) is 14.3. The number of carbonyl (C=O) groups excluding carboxylic acids is 3. The number of amides is 4. The second kappa shape index (κ2) is 7.47. The van der Waals surface area contributed by atoms with Gasteiger partial charge in [-0.2, -0.15) is 0 Å². The van der Waals surface area contributed by atoms with Crippen LogP contribution in [-0.2, 0) is 22.6 Å². The molecule has 3 heterocycles. The van der Waals surface area contributed by atoms with E-state index >= 15 is 0 Å². The molecular formula is C21H25N5O4. The molecule has 0 unspecified atom stereocenters. The molecular weight excluding hydrogens is 386 g/mol. The molecule has 9 nitrogen and oxygen atoms in total. The predicted octanol–water partition coefficient (Wildman–Crippen LogP) is 2.30. The van der Waals surface area contributed by atoms with Crippen molar-refractivity contribution in [1.82, 2.24) is 20.7 Å². The van der Waals surface area contributed by atoms with Crippen molar-refractivity contribution in [2.24, 2.45) is 0 Å². The Bertz CT molecular complexity index is 1010. The maximum atomic E-state index is 12.8. The van der Waals surface area contributed by atoms with Crippen LogP contribution in [-0.4, -0.2) is 40.0 Å². The Hall–Kier alpha value is -3.36. The number of fused-ring (bicyclic) bond motifs is 1. The van der Waals surface area contributed by atoms with Crippen LogP contribution in [0.4, 0.5) is 16.3 Å². The van der Waals surface area contributed by atoms with Crippen molar-refractivity contribution in [2.45, 2.75) is 52.1 Å². The number of anilines is 2. The van der Waals surface area contributed by atoms with Gasteiger partial charge < -0.3 is 20.1 Å². The summed E-state index contributed by atoms with van der Waals surface area (Å²) in [4.78, 5) is 37.9. The summed E-state index contributed by atoms with van der Waals surface area (Å²) in [5.41, 5.74) is 2.99. The van der Waals surface area contributed by atoms with E-state index in [4.69, 9.17) is 4.52 Å². The van der Waals surface area contributed by atoms with E-state index in [-0.39, 0.29) is 18.7 Å². The predicted molar refractivity (Wildman–Crippen MR) is 109 cm³/mol. The second-order valence-electron chi connectivity index (χ2n) is 8.13. The number of benzene rings is 1. The summed E-state index contributed by atoms with van der Waals surface area (Å²) in [6.45, 7) is 6.59. The van der Waals surface area contributed by atoms with Gasteiger partial charge in [0, 0.05) is 25.1 Å². The molecule has 0 aliphatic carbocycles. The normalized spacial score (nSPS) is 20.6. The van der Waals surface area contributed by atoms with Crippen LogP contribution in [0.25, 0.3) is 0 Å². The van der Waals surface area contributed by atoms with Crippen molar-refractivity contribution in [3.05, 3.63) is 40.6 Å². The summed E-state index contributed by atoms with van der Waals surface area (Å²) in [6.07, 6.45) is 0.978. The highest BCUT2D eigenvalue weighted by molar-refractivity contribution is 6.06. The van der Waals surface area contributed by atoms with Gasteiger partial charge in [-0.15, -0.1) is 0 Å². The molecule has 4 rings (SSSR count). The Labute approximate surface area is 174 Å². The van der Waals surface area contributed by atoms with Crippen molar-refractivity contribution in [3.63, 3.8) is 0 Å². The molecule has 9 heteroatoms. The molecule has 1 saturated heterocycles. The van der Waals surface area contributed by atoms with Crippen LogP contribution >= 0.6 is 0 Å². The summed E-state index contributed by atoms with van der Waals surface area (Å²) in [5, 5.41) is 12.3. The molecule has 2 aliphatic heterocycles. The summed E-state index contributed by atoms with van der Waals surface area (Å²) in [5.74, 6) is 0.923. The number of hydrogen-bond acceptors (Lipinski definition) is 6. The third kappa shape index (κ3) is 3.62. The fraction of sp³-hybridized carbons (Fsp3) is 0.429. The lowest BCUT2D eigenvalue weighted by molar-refractivity contribution is -0.133. The molecule has 0 bridgehead atoms. The van der Waals surface area contributed by atoms with Gasteiger partial charge in [0.25, 0.3) is 5.91 Å². The Balaban J connectivity index is 1.44. The molecule has 2 aromatic rings. The molecule has 30 heavy (non-hydrogen) atoms. The Morgan fingerprint density at radius 1 is 1.30 bits per heavy atom. The molecule has 1 fully saturated rings. The summed E-state index contributed by atoms with van der Waals surface area (Å²) in [6, 6.07) is 5.53. The molecule has 2 aliphatic rings. The van der Waals surface area contributed by atoms with E-state index < -0.39 is 17.5 Å². The second-order valence-corrected chi connectivity index (χ2v) is 8.13. The van der Waals surface area contributed by atoms with Crippen LogP contribution in [0.15, 0.2) is 22.7 Å². The molecule has 0 radical (unpaired) electrons. The zero-order valence-corrected chi connectivity index (χ0v) is 17.3. The molecule has 0 spiro atoms. The van der Waals surface area contributed by atoms with Crippen molar-refractivity contribution >= 4 is 29.4 Å². The smallest absolute Gasteiger partial charge is 0.322 e. The molecule has 0 saturated carbocycles. The SMILES string of the molecule is Cc1cccc(C)c1Nc1noc2c1CN(C(=O)CC[C@]1(C)NC(=O)NC1=O)CC2. The van der Waals surface area contributed by atoms with Gasteiger partial charge in [0.1, 0.15) is 11.3 Å². The number of rotatable bonds is 5. The molecule has 4 amide bonds. The summed E-state index contributed by atoms with van der Waals surface area (Å²) in [7, 11) is 0. The van der Waals surface area contributed by atoms with Crippen LogP contribution in [0, 0.1) is 13.8 Å². The molecule has 1 aromatic carbocycles. The van der Waals surface area contributed by atoms with Crippen molar-refractivity contribution in [3.8, 4) is 0 Å². The number of aromatic nitrogens is 1. The number of nitrogens with zero attached hydrogens (tertiary/aromatic N) is 2. The number of para-hydroxylation sites is 1. The van der Waals surface area contributed by atoms with Crippen LogP contribution < -0.4 is 16.0 Å². The van der Waals surface area contributed by atoms with Crippen LogP contribution in [0.5, 0.6) is 0 Å². The van der Waals surface area contributed by atoms with Gasteiger partial charge in [-0.3, -0.25) is 14.9 Å². The van der Waals surface area contributed by atoms with Crippen molar-refractivity contribution < 1.29 is 18.9 Å². The number of nitrogens with one attached hydrogen (secondary N) is 3. The minimum absolute atomic E-state index is 0.0740. The van der Waals surface area contributed by atoms with E-state index in [0.717, 1.165) is 28.1 Å². The lowest BCUT2D eigenvalue weighted by Crippen LogP contribution is -2.45. The Morgan fingerprint density at radius 2 is 2.03 bits per heavy atom. The fourth-order valence-electron chi connectivity index (χ4n) is 3.92. The summed E-state index contributed by atoms with van der Waals surface area (Å²) >= 11 is 0. The number of carbonyl (C=O) groups is 3. The molecule has 158 valence electrons. The average Bonchev–Trinajstić information content (AvgIpc) is 3.22. The maximum absolute atomic E-state index is 12.8. The van der Waals surface area contributed by atoms with Crippen LogP contribution in [0.1, 0.15) is 42.2 Å². The third-order valence-electron chi connectivity index (χ3n) is 5.86. The average molecular weight is 411 g/mol. The number of imide groups is 1. The summed E-state index contributed by atoms with van der Waals surface area (Å²) < 4.78 is 5.50. The number of aryl methyl sites for hydroxylation is 2. The Morgan fingerprint density at radius 3 is 2.70 bits per heavy atom. The van der Waals surface area contributed by atoms with Crippen molar-refractivity contribution in [2.75, 3.05) is 11.9 Å². The first kappa shape index (κ1) is 19.9. The van der Waals surface area contributed by atoms with Gasteiger partial charge in [-0.05, 0) is 38.3 Å². The number of urea groups is 1. The number of hydrogen-bond donors (Lipinski definition) is 3. The van der Waals surface area contributed by atoms with Gasteiger partial charge in [-0.1, -0.05) is 23.4 Å². The van der Waals surface area contributed by atoms with Gasteiger partial charge in [0.15, 0.2) is 5.82 Å². The zero-order chi connectivity index (χ0) is 21.5. The monoisotopic (exact) mass is 411 g/mol. The van der Waals surface area contributed by atoms with Crippen molar-refractivity contribution in [1.29, 1.82) is 0 Å². The lowest BCUT2D eigenvalue weighted by atomic mass is 9.95. The zero-order valence-electron chi connectivity index (χ0n) is 17.3. The van der Waals surface area contributed by atoms with Crippen LogP contribution in [0.3, 0.4) is 0 Å². The van der Waals surface area contributed by atoms with E-state index in [9.17, 15) is 14.4 Å². The van der Waals surface area contributed by atoms with E-state index in [1.165, 1.54) is 0 Å². The first-order valence-corrected chi connectivity index (χ1v) is 9.99. The quantitative estimate of drug-likeness (QED) is 0.650. The fourth-order valence-corrected chi connectivity index (χ4v) is 3.92. The topological polar surface area (TPSA) is 117 Å². The largest absolute Gasteiger partial charge is 0.359 e. The standard InChI is InChI=1S/C21H25N5O4/c1-12-5-4-6-13(2)17(12)22-18-14-11-26(10-8-15(14)30-25-18)16(27)7-9-21(3)19(28)23-20(29)24-21/h4-6H,7-11H2,1-3H3,(H,22,25)(H2,23,24,28,29)/t21-/m0/s1. The van der Waals surface area contributed by atoms with E-state index in [0.29, 0.717) is 25.3 Å².